The molecule has 0 bridgehead atoms. The van der Waals surface area contributed by atoms with Crippen LogP contribution in [0, 0.1) is 0 Å². The molecule has 4 nitrogen and oxygen atoms in total. The molecule has 2 N–H and O–H groups in total. The minimum absolute atomic E-state index is 0.0465. The minimum Gasteiger partial charge on any atom is -0.383 e. The highest BCUT2D eigenvalue weighted by Crippen LogP contribution is 2.12. The van der Waals surface area contributed by atoms with Gasteiger partial charge in [0.2, 0.25) is 5.91 Å². The Bertz CT molecular complexity index is 755. The van der Waals surface area contributed by atoms with Crippen LogP contribution in [0.15, 0.2) is 66.2 Å². The molecule has 24 heavy (non-hydrogen) atoms. The number of rotatable bonds is 7. The zero-order valence-electron chi connectivity index (χ0n) is 13.2. The average Bonchev–Trinajstić information content (AvgIpc) is 3.10. The second-order valence-electron chi connectivity index (χ2n) is 5.40. The lowest BCUT2D eigenvalue weighted by Crippen LogP contribution is -2.14. The number of hydrogen-bond acceptors (Lipinski definition) is 4. The smallest absolute Gasteiger partial charge is 0.230 e. The van der Waals surface area contributed by atoms with Gasteiger partial charge in [0, 0.05) is 11.4 Å². The van der Waals surface area contributed by atoms with Crippen molar-refractivity contribution in [2.24, 2.45) is 0 Å². The number of thiophene rings is 1. The van der Waals surface area contributed by atoms with Gasteiger partial charge in [0.1, 0.15) is 5.82 Å². The zero-order valence-corrected chi connectivity index (χ0v) is 14.1. The van der Waals surface area contributed by atoms with Crippen LogP contribution in [-0.4, -0.2) is 17.4 Å². The van der Waals surface area contributed by atoms with Gasteiger partial charge in [-0.05, 0) is 35.6 Å². The van der Waals surface area contributed by atoms with Crippen molar-refractivity contribution in [3.8, 4) is 0 Å². The molecule has 0 fully saturated rings. The largest absolute Gasteiger partial charge is 0.383 e. The van der Waals surface area contributed by atoms with Gasteiger partial charge < -0.3 is 10.6 Å². The lowest BCUT2D eigenvalue weighted by atomic mass is 10.1. The monoisotopic (exact) mass is 337 g/mol. The molecular weight excluding hydrogens is 318 g/mol. The van der Waals surface area contributed by atoms with E-state index in [0.29, 0.717) is 12.2 Å². The van der Waals surface area contributed by atoms with Crippen molar-refractivity contribution < 1.29 is 4.79 Å². The highest BCUT2D eigenvalue weighted by atomic mass is 32.1. The van der Waals surface area contributed by atoms with Crippen LogP contribution in [0.4, 0.5) is 11.5 Å². The molecule has 0 aliphatic carbocycles. The molecule has 0 spiro atoms. The molecule has 1 amide bonds. The maximum Gasteiger partial charge on any atom is 0.230 e. The quantitative estimate of drug-likeness (QED) is 0.686. The van der Waals surface area contributed by atoms with E-state index >= 15 is 0 Å². The highest BCUT2D eigenvalue weighted by Gasteiger charge is 2.05. The van der Waals surface area contributed by atoms with Crippen LogP contribution in [0.2, 0.25) is 0 Å². The van der Waals surface area contributed by atoms with Crippen LogP contribution >= 0.6 is 11.3 Å². The molecule has 3 aromatic rings. The fraction of sp³-hybridized carbons (Fsp3) is 0.158. The van der Waals surface area contributed by atoms with Gasteiger partial charge >= 0.3 is 0 Å². The van der Waals surface area contributed by atoms with E-state index in [1.165, 1.54) is 5.56 Å². The molecule has 0 aliphatic heterocycles. The predicted octanol–water partition coefficient (Wildman–Crippen LogP) is 3.98. The Morgan fingerprint density at radius 2 is 1.92 bits per heavy atom. The number of carbonyl (C=O) groups excluding carboxylic acids is 1. The summed E-state index contributed by atoms with van der Waals surface area (Å²) in [5.74, 6) is 0.528. The summed E-state index contributed by atoms with van der Waals surface area (Å²) in [5.41, 5.74) is 2.25. The number of nitrogens with one attached hydrogen (secondary N) is 2. The first-order chi connectivity index (χ1) is 11.8. The van der Waals surface area contributed by atoms with Crippen LogP contribution in [0.25, 0.3) is 0 Å². The Labute approximate surface area is 145 Å². The molecule has 3 rings (SSSR count). The van der Waals surface area contributed by atoms with Crippen LogP contribution in [0.3, 0.4) is 0 Å². The maximum absolute atomic E-state index is 11.9. The Hall–Kier alpha value is -2.66. The molecule has 0 saturated heterocycles. The van der Waals surface area contributed by atoms with Crippen molar-refractivity contribution in [3.63, 3.8) is 0 Å². The van der Waals surface area contributed by atoms with Gasteiger partial charge in [-0.25, -0.2) is 4.98 Å². The van der Waals surface area contributed by atoms with Gasteiger partial charge in [-0.3, -0.25) is 4.79 Å². The van der Waals surface area contributed by atoms with E-state index in [4.69, 9.17) is 0 Å². The van der Waals surface area contributed by atoms with Gasteiger partial charge in [0.15, 0.2) is 0 Å². The summed E-state index contributed by atoms with van der Waals surface area (Å²) in [6, 6.07) is 18.0. The summed E-state index contributed by atoms with van der Waals surface area (Å²) in [7, 11) is 0. The summed E-state index contributed by atoms with van der Waals surface area (Å²) >= 11 is 1.58. The number of aromatic nitrogens is 1. The fourth-order valence-electron chi connectivity index (χ4n) is 2.33. The van der Waals surface area contributed by atoms with E-state index in [9.17, 15) is 4.79 Å². The molecule has 5 heteroatoms. The number of hydrogen-bond donors (Lipinski definition) is 2. The van der Waals surface area contributed by atoms with Gasteiger partial charge in [0.05, 0.1) is 18.3 Å². The number of amides is 1. The third kappa shape index (κ3) is 4.93. The van der Waals surface area contributed by atoms with E-state index in [2.05, 4.69) is 27.8 Å². The summed E-state index contributed by atoms with van der Waals surface area (Å²) in [4.78, 5) is 17.3. The van der Waals surface area contributed by atoms with Crippen molar-refractivity contribution in [2.75, 3.05) is 17.2 Å². The summed E-state index contributed by atoms with van der Waals surface area (Å²) < 4.78 is 0. The predicted molar refractivity (Wildman–Crippen MR) is 99.5 cm³/mol. The Morgan fingerprint density at radius 3 is 2.62 bits per heavy atom. The first-order valence-corrected chi connectivity index (χ1v) is 8.74. The topological polar surface area (TPSA) is 54.0 Å². The number of nitrogens with zero attached hydrogens (tertiary/aromatic N) is 1. The summed E-state index contributed by atoms with van der Waals surface area (Å²) in [6.45, 7) is 0.843. The van der Waals surface area contributed by atoms with Gasteiger partial charge in [-0.15, -0.1) is 11.3 Å². The van der Waals surface area contributed by atoms with Crippen LogP contribution in [-0.2, 0) is 17.6 Å². The second kappa shape index (κ2) is 8.26. The van der Waals surface area contributed by atoms with Crippen LogP contribution in [0.5, 0.6) is 0 Å². The minimum atomic E-state index is -0.0465. The SMILES string of the molecule is O=C(Cc1cccs1)Nc1ccc(NCCc2ccccc2)cn1. The summed E-state index contributed by atoms with van der Waals surface area (Å²) in [5, 5.41) is 8.12. The van der Waals surface area contributed by atoms with E-state index in [1.54, 1.807) is 17.5 Å². The van der Waals surface area contributed by atoms with Crippen LogP contribution in [0.1, 0.15) is 10.4 Å². The fourth-order valence-corrected chi connectivity index (χ4v) is 3.03. The standard InChI is InChI=1S/C19H19N3OS/c23-19(13-17-7-4-12-24-17)22-18-9-8-16(14-21-18)20-11-10-15-5-2-1-3-6-15/h1-9,12,14,20H,10-11,13H2,(H,21,22,23). The van der Waals surface area contributed by atoms with Gasteiger partial charge in [-0.1, -0.05) is 36.4 Å². The molecule has 0 unspecified atom stereocenters. The molecule has 0 aliphatic rings. The van der Waals surface area contributed by atoms with E-state index in [1.807, 2.05) is 47.8 Å². The van der Waals surface area contributed by atoms with Crippen LogP contribution < -0.4 is 10.6 Å². The van der Waals surface area contributed by atoms with Gasteiger partial charge in [-0.2, -0.15) is 0 Å². The first kappa shape index (κ1) is 16.2. The Balaban J connectivity index is 1.45. The molecular formula is C19H19N3OS. The third-order valence-electron chi connectivity index (χ3n) is 3.53. The number of benzene rings is 1. The molecule has 0 saturated carbocycles. The van der Waals surface area contributed by atoms with E-state index in [0.717, 1.165) is 23.5 Å². The molecule has 0 atom stereocenters. The van der Waals surface area contributed by atoms with Crippen molar-refractivity contribution in [2.45, 2.75) is 12.8 Å². The Morgan fingerprint density at radius 1 is 1.04 bits per heavy atom. The third-order valence-corrected chi connectivity index (χ3v) is 4.41. The molecule has 2 aromatic heterocycles. The number of carbonyl (C=O) groups is 1. The second-order valence-corrected chi connectivity index (χ2v) is 6.43. The maximum atomic E-state index is 11.9. The molecule has 1 aromatic carbocycles. The highest BCUT2D eigenvalue weighted by molar-refractivity contribution is 7.10. The first-order valence-electron chi connectivity index (χ1n) is 7.86. The van der Waals surface area contributed by atoms with E-state index < -0.39 is 0 Å². The normalized spacial score (nSPS) is 10.3. The van der Waals surface area contributed by atoms with Gasteiger partial charge in [0.25, 0.3) is 0 Å². The summed E-state index contributed by atoms with van der Waals surface area (Å²) in [6.07, 6.45) is 3.09. The number of anilines is 2. The van der Waals surface area contributed by atoms with Crippen molar-refractivity contribution >= 4 is 28.7 Å². The van der Waals surface area contributed by atoms with Crippen molar-refractivity contribution in [1.29, 1.82) is 0 Å². The van der Waals surface area contributed by atoms with Crippen molar-refractivity contribution in [3.05, 3.63) is 76.6 Å². The average molecular weight is 337 g/mol. The zero-order chi connectivity index (χ0) is 16.6. The molecule has 0 radical (unpaired) electrons. The lowest BCUT2D eigenvalue weighted by molar-refractivity contribution is -0.115. The Kier molecular flexibility index (Phi) is 5.58. The van der Waals surface area contributed by atoms with E-state index in [-0.39, 0.29) is 5.91 Å². The molecule has 122 valence electrons. The lowest BCUT2D eigenvalue weighted by Gasteiger charge is -2.08. The molecule has 2 heterocycles. The number of pyridine rings is 1. The van der Waals surface area contributed by atoms with Crippen molar-refractivity contribution in [1.82, 2.24) is 4.98 Å².